The number of hydrogen-bond acceptors (Lipinski definition) is 7. The standard InChI is InChI=1S/C33H35FIN7O3/c1-32(2,3)38-31(43)45-26-24-17-22(34)8-7-21(24)18-33(26)11-14-40(15-12-33)30-37-29-25(28-36-13-16-41(28)30)27(35)39-42(29)19-20-5-9-23(44-4)10-6-20/h5-10,13,16-17,26H,11-12,14-15,18-19H2,1-4H3,(H,38,43)/t26-/m1/s1. The van der Waals surface area contributed by atoms with Gasteiger partial charge in [-0.2, -0.15) is 10.1 Å². The fraction of sp³-hybridized carbons (Fsp3) is 0.394. The number of imidazole rings is 1. The molecule has 5 aromatic rings. The van der Waals surface area contributed by atoms with Gasteiger partial charge in [-0.05, 0) is 104 Å². The molecule has 0 unspecified atom stereocenters. The first-order valence-corrected chi connectivity index (χ1v) is 16.2. The van der Waals surface area contributed by atoms with E-state index in [-0.39, 0.29) is 11.2 Å². The highest BCUT2D eigenvalue weighted by atomic mass is 127. The van der Waals surface area contributed by atoms with Gasteiger partial charge < -0.3 is 19.7 Å². The summed E-state index contributed by atoms with van der Waals surface area (Å²) in [4.78, 5) is 25.2. The number of fused-ring (bicyclic) bond motifs is 4. The number of methoxy groups -OCH3 is 1. The maximum Gasteiger partial charge on any atom is 0.408 e. The van der Waals surface area contributed by atoms with E-state index in [4.69, 9.17) is 24.5 Å². The van der Waals surface area contributed by atoms with Crippen molar-refractivity contribution in [3.8, 4) is 5.75 Å². The number of nitrogens with zero attached hydrogens (tertiary/aromatic N) is 6. The zero-order chi connectivity index (χ0) is 31.5. The number of alkyl carbamates (subject to hydrolysis) is 1. The van der Waals surface area contributed by atoms with Gasteiger partial charge in [0.2, 0.25) is 5.95 Å². The van der Waals surface area contributed by atoms with Crippen molar-refractivity contribution in [2.45, 2.75) is 58.2 Å². The molecule has 2 aliphatic rings. The summed E-state index contributed by atoms with van der Waals surface area (Å²) >= 11 is 2.26. The molecule has 234 valence electrons. The largest absolute Gasteiger partial charge is 0.497 e. The maximum atomic E-state index is 14.4. The summed E-state index contributed by atoms with van der Waals surface area (Å²) in [6.07, 6.45) is 4.92. The van der Waals surface area contributed by atoms with Crippen LogP contribution in [-0.2, 0) is 17.7 Å². The summed E-state index contributed by atoms with van der Waals surface area (Å²) in [5.41, 5.74) is 3.67. The Kier molecular flexibility index (Phi) is 7.37. The molecule has 1 fully saturated rings. The van der Waals surface area contributed by atoms with Crippen LogP contribution in [-0.4, -0.2) is 56.0 Å². The number of hydrogen-bond donors (Lipinski definition) is 1. The van der Waals surface area contributed by atoms with Crippen LogP contribution in [0.15, 0.2) is 54.9 Å². The molecule has 12 heteroatoms. The van der Waals surface area contributed by atoms with Crippen molar-refractivity contribution >= 4 is 51.3 Å². The predicted octanol–water partition coefficient (Wildman–Crippen LogP) is 6.29. The Bertz CT molecular complexity index is 1910. The SMILES string of the molecule is COc1ccc(Cn2nc(I)c3c2nc(N2CCC4(CC2)Cc2ccc(F)cc2[C@H]4OC(=O)NC(C)(C)C)n2ccnc32)cc1. The first-order valence-electron chi connectivity index (χ1n) is 15.1. The van der Waals surface area contributed by atoms with E-state index in [0.717, 1.165) is 68.0 Å². The third-order valence-electron chi connectivity index (χ3n) is 8.89. The quantitative estimate of drug-likeness (QED) is 0.213. The van der Waals surface area contributed by atoms with Gasteiger partial charge in [0, 0.05) is 36.4 Å². The monoisotopic (exact) mass is 723 g/mol. The molecule has 3 aromatic heterocycles. The topological polar surface area (TPSA) is 98.8 Å². The number of ether oxygens (including phenoxy) is 2. The lowest BCUT2D eigenvalue weighted by Crippen LogP contribution is -2.46. The highest BCUT2D eigenvalue weighted by molar-refractivity contribution is 14.1. The average molecular weight is 724 g/mol. The van der Waals surface area contributed by atoms with Crippen molar-refractivity contribution in [2.75, 3.05) is 25.1 Å². The van der Waals surface area contributed by atoms with Gasteiger partial charge in [-0.3, -0.25) is 4.40 Å². The van der Waals surface area contributed by atoms with Gasteiger partial charge in [0.1, 0.15) is 21.4 Å². The summed E-state index contributed by atoms with van der Waals surface area (Å²) in [5.74, 6) is 1.27. The molecule has 1 spiro atoms. The Labute approximate surface area is 274 Å². The summed E-state index contributed by atoms with van der Waals surface area (Å²) in [6, 6.07) is 12.8. The van der Waals surface area contributed by atoms with Crippen molar-refractivity contribution in [1.29, 1.82) is 0 Å². The van der Waals surface area contributed by atoms with Gasteiger partial charge in [0.15, 0.2) is 11.3 Å². The molecule has 4 heterocycles. The van der Waals surface area contributed by atoms with Crippen molar-refractivity contribution in [1.82, 2.24) is 29.5 Å². The summed E-state index contributed by atoms with van der Waals surface area (Å²) in [5, 5.41) is 8.67. The number of halogens is 2. The lowest BCUT2D eigenvalue weighted by molar-refractivity contribution is -0.00263. The summed E-state index contributed by atoms with van der Waals surface area (Å²) in [6.45, 7) is 7.67. The van der Waals surface area contributed by atoms with Gasteiger partial charge >= 0.3 is 6.09 Å². The molecule has 7 rings (SSSR count). The number of piperidine rings is 1. The number of nitrogens with one attached hydrogen (secondary N) is 1. The molecule has 1 saturated heterocycles. The summed E-state index contributed by atoms with van der Waals surface area (Å²) in [7, 11) is 1.66. The molecule has 1 aliphatic heterocycles. The van der Waals surface area contributed by atoms with E-state index in [2.05, 4.69) is 32.8 Å². The maximum absolute atomic E-state index is 14.4. The number of aromatic nitrogens is 5. The second-order valence-electron chi connectivity index (χ2n) is 13.1. The van der Waals surface area contributed by atoms with Crippen LogP contribution in [0.4, 0.5) is 15.1 Å². The smallest absolute Gasteiger partial charge is 0.408 e. The molecule has 0 bridgehead atoms. The Morgan fingerprint density at radius 2 is 1.89 bits per heavy atom. The second kappa shape index (κ2) is 11.1. The molecule has 0 radical (unpaired) electrons. The third-order valence-corrected chi connectivity index (χ3v) is 9.65. The normalized spacial score (nSPS) is 17.6. The average Bonchev–Trinajstić information content (AvgIpc) is 3.68. The molecular weight excluding hydrogens is 688 g/mol. The zero-order valence-electron chi connectivity index (χ0n) is 25.7. The first-order chi connectivity index (χ1) is 21.5. The predicted molar refractivity (Wildman–Crippen MR) is 177 cm³/mol. The highest BCUT2D eigenvalue weighted by Gasteiger charge is 2.50. The summed E-state index contributed by atoms with van der Waals surface area (Å²) < 4.78 is 30.7. The third kappa shape index (κ3) is 5.46. The van der Waals surface area contributed by atoms with Crippen LogP contribution >= 0.6 is 22.6 Å². The van der Waals surface area contributed by atoms with Crippen LogP contribution in [0.25, 0.3) is 16.7 Å². The molecule has 0 saturated carbocycles. The number of amides is 1. The Morgan fingerprint density at radius 1 is 1.13 bits per heavy atom. The van der Waals surface area contributed by atoms with E-state index in [0.29, 0.717) is 19.6 Å². The van der Waals surface area contributed by atoms with Gasteiger partial charge in [0.05, 0.1) is 19.0 Å². The Hall–Kier alpha value is -3.94. The molecule has 2 aromatic carbocycles. The van der Waals surface area contributed by atoms with Crippen molar-refractivity contribution in [3.05, 3.63) is 81.1 Å². The van der Waals surface area contributed by atoms with Gasteiger partial charge in [0.25, 0.3) is 0 Å². The van der Waals surface area contributed by atoms with Gasteiger partial charge in [-0.25, -0.2) is 18.9 Å². The molecule has 1 N–H and O–H groups in total. The van der Waals surface area contributed by atoms with Gasteiger partial charge in [-0.15, -0.1) is 0 Å². The second-order valence-corrected chi connectivity index (χ2v) is 14.1. The van der Waals surface area contributed by atoms with Crippen LogP contribution in [0.1, 0.15) is 56.4 Å². The number of rotatable bonds is 5. The minimum atomic E-state index is -0.538. The first kappa shape index (κ1) is 29.8. The van der Waals surface area contributed by atoms with Crippen molar-refractivity contribution < 1.29 is 18.7 Å². The number of carbonyl (C=O) groups is 1. The zero-order valence-corrected chi connectivity index (χ0v) is 27.8. The Balaban J connectivity index is 1.20. The van der Waals surface area contributed by atoms with E-state index < -0.39 is 17.7 Å². The Morgan fingerprint density at radius 3 is 2.60 bits per heavy atom. The van der Waals surface area contributed by atoms with Crippen molar-refractivity contribution in [2.24, 2.45) is 5.41 Å². The van der Waals surface area contributed by atoms with E-state index >= 15 is 0 Å². The fourth-order valence-electron chi connectivity index (χ4n) is 6.76. The van der Waals surface area contributed by atoms with Crippen LogP contribution in [0.5, 0.6) is 5.75 Å². The minimum absolute atomic E-state index is 0.325. The van der Waals surface area contributed by atoms with Crippen LogP contribution < -0.4 is 15.0 Å². The molecular formula is C33H35FIN7O3. The van der Waals surface area contributed by atoms with E-state index in [1.807, 2.05) is 66.4 Å². The van der Waals surface area contributed by atoms with Crippen molar-refractivity contribution in [3.63, 3.8) is 0 Å². The van der Waals surface area contributed by atoms with E-state index in [9.17, 15) is 9.18 Å². The van der Waals surface area contributed by atoms with Crippen LogP contribution in [0.3, 0.4) is 0 Å². The minimum Gasteiger partial charge on any atom is -0.497 e. The van der Waals surface area contributed by atoms with Crippen LogP contribution in [0, 0.1) is 14.9 Å². The number of benzene rings is 2. The number of anilines is 1. The molecule has 45 heavy (non-hydrogen) atoms. The van der Waals surface area contributed by atoms with E-state index in [1.54, 1.807) is 13.3 Å². The van der Waals surface area contributed by atoms with E-state index in [1.165, 1.54) is 12.1 Å². The lowest BCUT2D eigenvalue weighted by Gasteiger charge is -2.43. The number of carbonyl (C=O) groups excluding carboxylic acids is 1. The molecule has 1 amide bonds. The molecule has 10 nitrogen and oxygen atoms in total. The molecule has 1 aliphatic carbocycles. The highest BCUT2D eigenvalue weighted by Crippen LogP contribution is 2.54. The van der Waals surface area contributed by atoms with Gasteiger partial charge in [-0.1, -0.05) is 18.2 Å². The van der Waals surface area contributed by atoms with Crippen LogP contribution in [0.2, 0.25) is 0 Å². The molecule has 1 atom stereocenters. The fourth-order valence-corrected chi connectivity index (χ4v) is 7.50. The lowest BCUT2D eigenvalue weighted by atomic mass is 9.74.